The van der Waals surface area contributed by atoms with Crippen LogP contribution in [0.3, 0.4) is 0 Å². The standard InChI is InChI=1S/C22H41N5O3/c1-17(2)16-30-21(28)18(3)27-10-4-5-19(15-27)24-22(29)26-13-11-25(12-14-26)20-6-8-23-9-7-20/h17-20,23H,4-16H2,1-3H3,(H,24,29). The van der Waals surface area contributed by atoms with Crippen molar-refractivity contribution in [3.63, 3.8) is 0 Å². The van der Waals surface area contributed by atoms with Crippen LogP contribution in [0, 0.1) is 5.92 Å². The number of carbonyl (C=O) groups is 2. The van der Waals surface area contributed by atoms with E-state index in [0.717, 1.165) is 58.7 Å². The van der Waals surface area contributed by atoms with Crippen molar-refractivity contribution in [1.29, 1.82) is 0 Å². The number of rotatable bonds is 6. The van der Waals surface area contributed by atoms with Crippen molar-refractivity contribution in [2.24, 2.45) is 5.92 Å². The van der Waals surface area contributed by atoms with E-state index < -0.39 is 0 Å². The molecule has 0 aromatic carbocycles. The van der Waals surface area contributed by atoms with Gasteiger partial charge in [0.15, 0.2) is 0 Å². The largest absolute Gasteiger partial charge is 0.464 e. The minimum absolute atomic E-state index is 0.0434. The average Bonchev–Trinajstić information content (AvgIpc) is 2.77. The van der Waals surface area contributed by atoms with Gasteiger partial charge in [0.05, 0.1) is 6.61 Å². The molecule has 0 aliphatic carbocycles. The number of hydrogen-bond donors (Lipinski definition) is 2. The van der Waals surface area contributed by atoms with Gasteiger partial charge >= 0.3 is 12.0 Å². The molecule has 172 valence electrons. The lowest BCUT2D eigenvalue weighted by atomic mass is 10.0. The van der Waals surface area contributed by atoms with Crippen LogP contribution in [-0.2, 0) is 9.53 Å². The fourth-order valence-electron chi connectivity index (χ4n) is 4.72. The minimum Gasteiger partial charge on any atom is -0.464 e. The topological polar surface area (TPSA) is 77.2 Å². The van der Waals surface area contributed by atoms with Gasteiger partial charge in [-0.1, -0.05) is 13.8 Å². The summed E-state index contributed by atoms with van der Waals surface area (Å²) < 4.78 is 5.41. The highest BCUT2D eigenvalue weighted by Gasteiger charge is 2.31. The van der Waals surface area contributed by atoms with Crippen molar-refractivity contribution < 1.29 is 14.3 Å². The molecule has 0 aromatic rings. The molecule has 2 atom stereocenters. The Morgan fingerprint density at radius 3 is 2.40 bits per heavy atom. The zero-order valence-corrected chi connectivity index (χ0v) is 19.1. The predicted octanol–water partition coefficient (Wildman–Crippen LogP) is 1.12. The average molecular weight is 424 g/mol. The zero-order chi connectivity index (χ0) is 21.5. The van der Waals surface area contributed by atoms with Gasteiger partial charge in [0.1, 0.15) is 6.04 Å². The SMILES string of the molecule is CC(C)COC(=O)C(C)N1CCCC(NC(=O)N2CCN(C3CCNCC3)CC2)C1. The molecule has 2 amide bonds. The predicted molar refractivity (Wildman–Crippen MR) is 117 cm³/mol. The number of esters is 1. The first-order chi connectivity index (χ1) is 14.4. The van der Waals surface area contributed by atoms with Gasteiger partial charge in [-0.2, -0.15) is 0 Å². The van der Waals surface area contributed by atoms with Crippen molar-refractivity contribution in [3.05, 3.63) is 0 Å². The first-order valence-corrected chi connectivity index (χ1v) is 11.8. The van der Waals surface area contributed by atoms with E-state index in [4.69, 9.17) is 4.74 Å². The summed E-state index contributed by atoms with van der Waals surface area (Å²) in [5, 5.41) is 6.64. The lowest BCUT2D eigenvalue weighted by Gasteiger charge is -2.41. The van der Waals surface area contributed by atoms with Gasteiger partial charge in [0, 0.05) is 44.8 Å². The first kappa shape index (κ1) is 23.3. The summed E-state index contributed by atoms with van der Waals surface area (Å²) in [6.07, 6.45) is 4.37. The molecule has 0 radical (unpaired) electrons. The maximum Gasteiger partial charge on any atom is 0.323 e. The monoisotopic (exact) mass is 423 g/mol. The molecule has 0 aromatic heterocycles. The number of piperidine rings is 2. The first-order valence-electron chi connectivity index (χ1n) is 11.8. The van der Waals surface area contributed by atoms with Crippen LogP contribution in [0.1, 0.15) is 46.5 Å². The van der Waals surface area contributed by atoms with Crippen LogP contribution in [0.25, 0.3) is 0 Å². The Labute approximate surface area is 181 Å². The fraction of sp³-hybridized carbons (Fsp3) is 0.909. The number of hydrogen-bond acceptors (Lipinski definition) is 6. The summed E-state index contributed by atoms with van der Waals surface area (Å²) in [7, 11) is 0. The normalized spacial score (nSPS) is 25.9. The number of amides is 2. The highest BCUT2D eigenvalue weighted by molar-refractivity contribution is 5.76. The molecule has 3 aliphatic heterocycles. The van der Waals surface area contributed by atoms with Crippen molar-refractivity contribution in [2.45, 2.75) is 64.6 Å². The zero-order valence-electron chi connectivity index (χ0n) is 19.1. The number of ether oxygens (including phenoxy) is 1. The van der Waals surface area contributed by atoms with E-state index in [-0.39, 0.29) is 24.1 Å². The van der Waals surface area contributed by atoms with E-state index in [9.17, 15) is 9.59 Å². The summed E-state index contributed by atoms with van der Waals surface area (Å²) in [6, 6.07) is 0.535. The Morgan fingerprint density at radius 1 is 1.03 bits per heavy atom. The summed E-state index contributed by atoms with van der Waals surface area (Å²) >= 11 is 0. The second kappa shape index (κ2) is 11.3. The molecule has 8 heteroatoms. The van der Waals surface area contributed by atoms with Gasteiger partial charge in [-0.25, -0.2) is 4.79 Å². The Bertz CT molecular complexity index is 559. The summed E-state index contributed by atoms with van der Waals surface area (Å²) in [4.78, 5) is 31.8. The summed E-state index contributed by atoms with van der Waals surface area (Å²) in [5.74, 6) is 0.175. The van der Waals surface area contributed by atoms with Crippen LogP contribution in [-0.4, -0.2) is 104 Å². The van der Waals surface area contributed by atoms with Gasteiger partial charge in [-0.05, 0) is 58.2 Å². The maximum atomic E-state index is 12.8. The Hall–Kier alpha value is -1.38. The molecule has 3 aliphatic rings. The lowest BCUT2D eigenvalue weighted by Crippen LogP contribution is -2.58. The van der Waals surface area contributed by atoms with Crippen molar-refractivity contribution in [1.82, 2.24) is 25.3 Å². The van der Waals surface area contributed by atoms with E-state index in [1.165, 1.54) is 12.8 Å². The van der Waals surface area contributed by atoms with E-state index in [2.05, 4.69) is 20.4 Å². The highest BCUT2D eigenvalue weighted by atomic mass is 16.5. The van der Waals surface area contributed by atoms with Gasteiger partial charge in [0.25, 0.3) is 0 Å². The van der Waals surface area contributed by atoms with Crippen molar-refractivity contribution in [3.8, 4) is 0 Å². The maximum absolute atomic E-state index is 12.8. The number of nitrogens with one attached hydrogen (secondary N) is 2. The molecule has 0 bridgehead atoms. The third kappa shape index (κ3) is 6.56. The molecule has 3 fully saturated rings. The second-order valence-corrected chi connectivity index (χ2v) is 9.49. The number of likely N-dealkylation sites (tertiary alicyclic amines) is 1. The quantitative estimate of drug-likeness (QED) is 0.624. The van der Waals surface area contributed by atoms with E-state index in [1.807, 2.05) is 25.7 Å². The summed E-state index contributed by atoms with van der Waals surface area (Å²) in [5.41, 5.74) is 0. The smallest absolute Gasteiger partial charge is 0.323 e. The number of urea groups is 1. The molecule has 3 saturated heterocycles. The Balaban J connectivity index is 1.41. The highest BCUT2D eigenvalue weighted by Crippen LogP contribution is 2.17. The van der Waals surface area contributed by atoms with Crippen LogP contribution < -0.4 is 10.6 Å². The van der Waals surface area contributed by atoms with Gasteiger partial charge in [0.2, 0.25) is 0 Å². The van der Waals surface area contributed by atoms with E-state index >= 15 is 0 Å². The van der Waals surface area contributed by atoms with Crippen LogP contribution >= 0.6 is 0 Å². The number of nitrogens with zero attached hydrogens (tertiary/aromatic N) is 3. The number of piperazine rings is 1. The minimum atomic E-state index is -0.267. The molecule has 3 rings (SSSR count). The van der Waals surface area contributed by atoms with Crippen LogP contribution in [0.2, 0.25) is 0 Å². The Kier molecular flexibility index (Phi) is 8.77. The molecular formula is C22H41N5O3. The summed E-state index contributed by atoms with van der Waals surface area (Å²) in [6.45, 7) is 13.8. The van der Waals surface area contributed by atoms with Gasteiger partial charge in [-0.15, -0.1) is 0 Å². The van der Waals surface area contributed by atoms with Crippen LogP contribution in [0.5, 0.6) is 0 Å². The van der Waals surface area contributed by atoms with Gasteiger partial charge in [-0.3, -0.25) is 14.6 Å². The third-order valence-electron chi connectivity index (χ3n) is 6.65. The molecule has 3 heterocycles. The molecule has 8 nitrogen and oxygen atoms in total. The van der Waals surface area contributed by atoms with E-state index in [1.54, 1.807) is 0 Å². The van der Waals surface area contributed by atoms with Crippen LogP contribution in [0.15, 0.2) is 0 Å². The second-order valence-electron chi connectivity index (χ2n) is 9.49. The fourth-order valence-corrected chi connectivity index (χ4v) is 4.72. The third-order valence-corrected chi connectivity index (χ3v) is 6.65. The van der Waals surface area contributed by atoms with E-state index in [0.29, 0.717) is 25.1 Å². The lowest BCUT2D eigenvalue weighted by molar-refractivity contribution is -0.151. The van der Waals surface area contributed by atoms with Crippen molar-refractivity contribution >= 4 is 12.0 Å². The molecule has 0 saturated carbocycles. The number of carbonyl (C=O) groups excluding carboxylic acids is 2. The molecule has 2 unspecified atom stereocenters. The molecule has 30 heavy (non-hydrogen) atoms. The van der Waals surface area contributed by atoms with Gasteiger partial charge < -0.3 is 20.3 Å². The Morgan fingerprint density at radius 2 is 1.73 bits per heavy atom. The molecular weight excluding hydrogens is 382 g/mol. The molecule has 0 spiro atoms. The van der Waals surface area contributed by atoms with Crippen LogP contribution in [0.4, 0.5) is 4.79 Å². The van der Waals surface area contributed by atoms with Crippen molar-refractivity contribution in [2.75, 3.05) is 59.0 Å². The molecule has 2 N–H and O–H groups in total.